The van der Waals surface area contributed by atoms with Crippen LogP contribution in [0.15, 0.2) is 47.0 Å². The largest absolute Gasteiger partial charge is 0.437 e. The third-order valence-electron chi connectivity index (χ3n) is 6.38. The quantitative estimate of drug-likeness (QED) is 0.452. The maximum Gasteiger partial charge on any atom is 0.437 e. The fourth-order valence-corrected chi connectivity index (χ4v) is 4.28. The standard InChI is InChI=1S/C25H25F4N7O4/c26-17-3-1-2-4-18(17)32-23(38)35-9-7-34(8-10-35)19-6-5-16(15-30-19)31-22(37)20-21(25(27,28)29)33-24(40-20)36-11-13-39-14-12-36/h1-6,15H,7-14H2,(H,31,37)(H,32,38). The molecule has 0 atom stereocenters. The van der Waals surface area contributed by atoms with Crippen molar-refractivity contribution in [3.05, 3.63) is 59.9 Å². The summed E-state index contributed by atoms with van der Waals surface area (Å²) in [4.78, 5) is 38.0. The lowest BCUT2D eigenvalue weighted by molar-refractivity contribution is -0.141. The Labute approximate surface area is 225 Å². The number of anilines is 4. The molecule has 3 amide bonds. The van der Waals surface area contributed by atoms with Crippen LogP contribution in [0, 0.1) is 5.82 Å². The molecule has 11 nitrogen and oxygen atoms in total. The zero-order valence-electron chi connectivity index (χ0n) is 21.1. The Morgan fingerprint density at radius 3 is 2.27 bits per heavy atom. The fraction of sp³-hybridized carbons (Fsp3) is 0.360. The number of benzene rings is 1. The second-order valence-electron chi connectivity index (χ2n) is 9.01. The van der Waals surface area contributed by atoms with E-state index in [1.165, 1.54) is 35.4 Å². The van der Waals surface area contributed by atoms with Crippen LogP contribution in [0.3, 0.4) is 0 Å². The van der Waals surface area contributed by atoms with Crippen molar-refractivity contribution in [2.45, 2.75) is 6.18 Å². The van der Waals surface area contributed by atoms with E-state index in [0.717, 1.165) is 0 Å². The van der Waals surface area contributed by atoms with Crippen LogP contribution in [-0.2, 0) is 10.9 Å². The van der Waals surface area contributed by atoms with Gasteiger partial charge in [-0.2, -0.15) is 18.2 Å². The molecule has 0 spiro atoms. The Morgan fingerprint density at radius 2 is 1.62 bits per heavy atom. The molecule has 0 bridgehead atoms. The minimum Gasteiger partial charge on any atom is -0.417 e. The number of aromatic nitrogens is 2. The molecule has 2 aromatic heterocycles. The number of carbonyl (C=O) groups is 2. The van der Waals surface area contributed by atoms with Gasteiger partial charge in [0.05, 0.1) is 30.8 Å². The first-order valence-corrected chi connectivity index (χ1v) is 12.4. The van der Waals surface area contributed by atoms with Crippen LogP contribution < -0.4 is 20.4 Å². The van der Waals surface area contributed by atoms with Gasteiger partial charge >= 0.3 is 12.2 Å². The number of hydrogen-bond acceptors (Lipinski definition) is 8. The summed E-state index contributed by atoms with van der Waals surface area (Å²) in [6.45, 7) is 2.79. The number of nitrogens with one attached hydrogen (secondary N) is 2. The van der Waals surface area contributed by atoms with Crippen molar-refractivity contribution in [2.24, 2.45) is 0 Å². The third-order valence-corrected chi connectivity index (χ3v) is 6.38. The number of hydrogen-bond donors (Lipinski definition) is 2. The van der Waals surface area contributed by atoms with E-state index in [2.05, 4.69) is 20.6 Å². The van der Waals surface area contributed by atoms with Gasteiger partial charge in [0.15, 0.2) is 5.69 Å². The molecule has 3 aromatic rings. The van der Waals surface area contributed by atoms with Crippen LogP contribution in [0.4, 0.5) is 45.6 Å². The molecule has 4 heterocycles. The smallest absolute Gasteiger partial charge is 0.417 e. The van der Waals surface area contributed by atoms with Gasteiger partial charge < -0.3 is 34.5 Å². The van der Waals surface area contributed by atoms with Crippen molar-refractivity contribution in [3.8, 4) is 0 Å². The highest BCUT2D eigenvalue weighted by atomic mass is 19.4. The molecule has 2 fully saturated rings. The highest BCUT2D eigenvalue weighted by molar-refractivity contribution is 6.03. The zero-order valence-corrected chi connectivity index (χ0v) is 21.1. The van der Waals surface area contributed by atoms with Crippen LogP contribution in [0.25, 0.3) is 0 Å². The van der Waals surface area contributed by atoms with Gasteiger partial charge in [-0.05, 0) is 24.3 Å². The number of alkyl halides is 3. The van der Waals surface area contributed by atoms with Crippen molar-refractivity contribution >= 4 is 35.1 Å². The van der Waals surface area contributed by atoms with Gasteiger partial charge in [-0.15, -0.1) is 0 Å². The van der Waals surface area contributed by atoms with Gasteiger partial charge in [-0.1, -0.05) is 12.1 Å². The Kier molecular flexibility index (Phi) is 7.73. The SMILES string of the molecule is O=C(Nc1ccc(N2CCN(C(=O)Nc3ccccc3F)CC2)nc1)c1oc(N2CCOCC2)nc1C(F)(F)F. The fourth-order valence-electron chi connectivity index (χ4n) is 4.28. The predicted octanol–water partition coefficient (Wildman–Crippen LogP) is 3.67. The molecule has 2 aliphatic rings. The number of halogens is 4. The predicted molar refractivity (Wildman–Crippen MR) is 136 cm³/mol. The van der Waals surface area contributed by atoms with E-state index >= 15 is 0 Å². The van der Waals surface area contributed by atoms with Gasteiger partial charge in [-0.3, -0.25) is 4.79 Å². The Balaban J connectivity index is 1.19. The van der Waals surface area contributed by atoms with Crippen LogP contribution in [0.2, 0.25) is 0 Å². The molecule has 1 aromatic carbocycles. The number of para-hydroxylation sites is 1. The molecular formula is C25H25F4N7O4. The van der Waals surface area contributed by atoms with Gasteiger partial charge in [0.2, 0.25) is 5.76 Å². The van der Waals surface area contributed by atoms with E-state index in [0.29, 0.717) is 45.2 Å². The van der Waals surface area contributed by atoms with Crippen molar-refractivity contribution in [3.63, 3.8) is 0 Å². The minimum atomic E-state index is -4.89. The van der Waals surface area contributed by atoms with Gasteiger partial charge in [0, 0.05) is 39.3 Å². The van der Waals surface area contributed by atoms with Crippen LogP contribution >= 0.6 is 0 Å². The zero-order chi connectivity index (χ0) is 28.3. The summed E-state index contributed by atoms with van der Waals surface area (Å²) in [7, 11) is 0. The Hall–Kier alpha value is -4.40. The number of carbonyl (C=O) groups excluding carboxylic acids is 2. The molecule has 0 aliphatic carbocycles. The lowest BCUT2D eigenvalue weighted by Gasteiger charge is -2.35. The summed E-state index contributed by atoms with van der Waals surface area (Å²) >= 11 is 0. The third kappa shape index (κ3) is 6.09. The topological polar surface area (TPSA) is 116 Å². The van der Waals surface area contributed by atoms with E-state index in [1.54, 1.807) is 17.0 Å². The molecule has 0 unspecified atom stereocenters. The van der Waals surface area contributed by atoms with Crippen molar-refractivity contribution in [1.82, 2.24) is 14.9 Å². The number of amides is 3. The second-order valence-corrected chi connectivity index (χ2v) is 9.01. The van der Waals surface area contributed by atoms with Gasteiger partial charge in [0.1, 0.15) is 11.6 Å². The molecule has 2 saturated heterocycles. The molecule has 5 rings (SSSR count). The number of rotatable bonds is 5. The molecule has 2 N–H and O–H groups in total. The molecule has 40 heavy (non-hydrogen) atoms. The summed E-state index contributed by atoms with van der Waals surface area (Å²) in [5.74, 6) is -2.02. The average Bonchev–Trinajstić information content (AvgIpc) is 3.42. The second kappa shape index (κ2) is 11.4. The minimum absolute atomic E-state index is 0.0965. The Morgan fingerprint density at radius 1 is 0.900 bits per heavy atom. The normalized spacial score (nSPS) is 16.1. The highest BCUT2D eigenvalue weighted by Crippen LogP contribution is 2.34. The first-order chi connectivity index (χ1) is 19.2. The Bertz CT molecular complexity index is 1350. The average molecular weight is 564 g/mol. The maximum absolute atomic E-state index is 13.8. The summed E-state index contributed by atoms with van der Waals surface area (Å²) in [6.07, 6.45) is -3.58. The summed E-state index contributed by atoms with van der Waals surface area (Å²) in [6, 6.07) is 8.28. The van der Waals surface area contributed by atoms with Crippen LogP contribution in [-0.4, -0.2) is 79.3 Å². The van der Waals surface area contributed by atoms with E-state index in [1.807, 2.05) is 4.90 Å². The summed E-state index contributed by atoms with van der Waals surface area (Å²) < 4.78 is 65.0. The molecule has 0 saturated carbocycles. The highest BCUT2D eigenvalue weighted by Gasteiger charge is 2.42. The lowest BCUT2D eigenvalue weighted by atomic mass is 10.3. The van der Waals surface area contributed by atoms with Crippen LogP contribution in [0.1, 0.15) is 16.2 Å². The lowest BCUT2D eigenvalue weighted by Crippen LogP contribution is -2.50. The van der Waals surface area contributed by atoms with E-state index in [9.17, 15) is 27.2 Å². The monoisotopic (exact) mass is 563 g/mol. The van der Waals surface area contributed by atoms with Crippen LogP contribution in [0.5, 0.6) is 0 Å². The van der Waals surface area contributed by atoms with Crippen molar-refractivity contribution in [2.75, 3.05) is 72.9 Å². The van der Waals surface area contributed by atoms with Crippen molar-refractivity contribution < 1.29 is 36.3 Å². The first kappa shape index (κ1) is 27.2. The van der Waals surface area contributed by atoms with Gasteiger partial charge in [-0.25, -0.2) is 14.2 Å². The van der Waals surface area contributed by atoms with E-state index in [4.69, 9.17) is 9.15 Å². The number of piperazine rings is 1. The maximum atomic E-state index is 13.8. The molecule has 2 aliphatic heterocycles. The molecule has 212 valence electrons. The van der Waals surface area contributed by atoms with Crippen molar-refractivity contribution in [1.29, 1.82) is 0 Å². The molecule has 0 radical (unpaired) electrons. The van der Waals surface area contributed by atoms with E-state index < -0.39 is 35.4 Å². The molecular weight excluding hydrogens is 538 g/mol. The first-order valence-electron chi connectivity index (χ1n) is 12.4. The number of urea groups is 1. The van der Waals surface area contributed by atoms with Gasteiger partial charge in [0.25, 0.3) is 11.9 Å². The number of ether oxygens (including phenoxy) is 1. The number of morpholine rings is 1. The summed E-state index contributed by atoms with van der Waals surface area (Å²) in [5.41, 5.74) is -1.15. The number of nitrogens with zero attached hydrogens (tertiary/aromatic N) is 5. The molecule has 15 heteroatoms. The van der Waals surface area contributed by atoms with E-state index in [-0.39, 0.29) is 30.5 Å². The summed E-state index contributed by atoms with van der Waals surface area (Å²) in [5, 5.41) is 4.93. The number of oxazole rings is 1. The number of pyridine rings is 1.